The van der Waals surface area contributed by atoms with Gasteiger partial charge in [-0.05, 0) is 129 Å². The summed E-state index contributed by atoms with van der Waals surface area (Å²) in [6.07, 6.45) is 12.1. The first-order valence-corrected chi connectivity index (χ1v) is 15.7. The number of fused-ring (bicyclic) bond motifs is 3. The Morgan fingerprint density at radius 3 is 2.12 bits per heavy atom. The molecule has 0 aromatic heterocycles. The molecule has 1 atom stereocenters. The molecule has 0 aliphatic heterocycles. The highest BCUT2D eigenvalue weighted by Gasteiger charge is 2.38. The molecule has 8 rings (SSSR count). The zero-order valence-electron chi connectivity index (χ0n) is 24.1. The van der Waals surface area contributed by atoms with Gasteiger partial charge in [-0.25, -0.2) is 0 Å². The summed E-state index contributed by atoms with van der Waals surface area (Å²) >= 11 is 0. The monoisotopic (exact) mass is 544 g/mol. The Hall–Kier alpha value is -4.23. The number of rotatable bonds is 5. The third kappa shape index (κ3) is 4.62. The standard InChI is InChI=1S/C41H36O/c42-40-26-34-9-4-5-12-37(34)41(40)31-19-15-28(16-20-31)21-27-13-17-30(18-14-27)39-25-36-23-33-11-6-10-32(33)22-35(36)24-38(39)29-7-2-1-3-8-29/h1-9,11-14,17-18,22-25,28,31,41H,10,15-16,19-21,26H2. The van der Waals surface area contributed by atoms with E-state index in [1.165, 1.54) is 86.5 Å². The summed E-state index contributed by atoms with van der Waals surface area (Å²) in [6.45, 7) is 0. The minimum absolute atomic E-state index is 0.138. The van der Waals surface area contributed by atoms with Gasteiger partial charge < -0.3 is 0 Å². The van der Waals surface area contributed by atoms with Crippen LogP contribution in [0.25, 0.3) is 39.1 Å². The summed E-state index contributed by atoms with van der Waals surface area (Å²) in [4.78, 5) is 12.9. The van der Waals surface area contributed by atoms with Crippen LogP contribution in [0.5, 0.6) is 0 Å². The van der Waals surface area contributed by atoms with Gasteiger partial charge in [-0.3, -0.25) is 4.79 Å². The van der Waals surface area contributed by atoms with Crippen molar-refractivity contribution >= 4 is 22.6 Å². The summed E-state index contributed by atoms with van der Waals surface area (Å²) in [5.74, 6) is 1.80. The predicted molar refractivity (Wildman–Crippen MR) is 175 cm³/mol. The van der Waals surface area contributed by atoms with Crippen molar-refractivity contribution in [3.63, 3.8) is 0 Å². The fourth-order valence-corrected chi connectivity index (χ4v) is 8.02. The van der Waals surface area contributed by atoms with E-state index in [1.807, 2.05) is 0 Å². The molecule has 1 unspecified atom stereocenters. The van der Waals surface area contributed by atoms with Gasteiger partial charge in [0.05, 0.1) is 0 Å². The van der Waals surface area contributed by atoms with Crippen LogP contribution in [0.15, 0.2) is 109 Å². The van der Waals surface area contributed by atoms with Gasteiger partial charge in [0.15, 0.2) is 0 Å². The molecule has 1 heteroatoms. The molecule has 0 amide bonds. The third-order valence-corrected chi connectivity index (χ3v) is 10.2. The van der Waals surface area contributed by atoms with Crippen LogP contribution in [0.1, 0.15) is 59.4 Å². The van der Waals surface area contributed by atoms with Gasteiger partial charge in [-0.15, -0.1) is 0 Å². The highest BCUT2D eigenvalue weighted by atomic mass is 16.1. The third-order valence-electron chi connectivity index (χ3n) is 10.2. The molecule has 0 saturated heterocycles. The van der Waals surface area contributed by atoms with Crippen LogP contribution in [0, 0.1) is 11.8 Å². The van der Waals surface area contributed by atoms with Gasteiger partial charge >= 0.3 is 0 Å². The summed E-state index contributed by atoms with van der Waals surface area (Å²) in [5.41, 5.74) is 11.9. The first-order valence-electron chi connectivity index (χ1n) is 15.7. The molecular formula is C41H36O. The van der Waals surface area contributed by atoms with E-state index in [2.05, 4.69) is 115 Å². The number of allylic oxidation sites excluding steroid dienone is 1. The van der Waals surface area contributed by atoms with Crippen molar-refractivity contribution in [1.82, 2.24) is 0 Å². The van der Waals surface area contributed by atoms with Crippen molar-refractivity contribution in [2.45, 2.75) is 50.9 Å². The van der Waals surface area contributed by atoms with Crippen molar-refractivity contribution in [3.05, 3.63) is 137 Å². The molecule has 5 aromatic carbocycles. The van der Waals surface area contributed by atoms with Crippen LogP contribution in [0.4, 0.5) is 0 Å². The second-order valence-electron chi connectivity index (χ2n) is 12.8. The van der Waals surface area contributed by atoms with Crippen molar-refractivity contribution in [2.75, 3.05) is 0 Å². The van der Waals surface area contributed by atoms with Crippen LogP contribution in [-0.4, -0.2) is 5.78 Å². The molecule has 0 heterocycles. The molecular weight excluding hydrogens is 508 g/mol. The summed E-state index contributed by atoms with van der Waals surface area (Å²) in [6, 6.07) is 38.2. The van der Waals surface area contributed by atoms with Gasteiger partial charge in [0.25, 0.3) is 0 Å². The summed E-state index contributed by atoms with van der Waals surface area (Å²) < 4.78 is 0. The van der Waals surface area contributed by atoms with Crippen molar-refractivity contribution < 1.29 is 4.79 Å². The van der Waals surface area contributed by atoms with Gasteiger partial charge in [-0.1, -0.05) is 97.1 Å². The number of hydrogen-bond acceptors (Lipinski definition) is 1. The Kier molecular flexibility index (Phi) is 6.40. The van der Waals surface area contributed by atoms with Crippen LogP contribution in [0.2, 0.25) is 0 Å². The highest BCUT2D eigenvalue weighted by Crippen LogP contribution is 2.44. The van der Waals surface area contributed by atoms with Gasteiger partial charge in [0.1, 0.15) is 5.78 Å². The number of hydrogen-bond donors (Lipinski definition) is 0. The molecule has 0 bridgehead atoms. The molecule has 0 N–H and O–H groups in total. The average Bonchev–Trinajstić information content (AvgIpc) is 3.63. The SMILES string of the molecule is O=C1Cc2ccccc2C1C1CCC(Cc2ccc(-c3cc4cc5c(cc4cc3-c3ccccc3)CC=C5)cc2)CC1. The number of Topliss-reactive ketones (excluding diaryl/α,β-unsaturated/α-hetero) is 1. The molecule has 42 heavy (non-hydrogen) atoms. The molecule has 0 radical (unpaired) electrons. The van der Waals surface area contributed by atoms with E-state index in [0.717, 1.165) is 12.8 Å². The second kappa shape index (κ2) is 10.6. The topological polar surface area (TPSA) is 17.1 Å². The van der Waals surface area contributed by atoms with E-state index in [0.29, 0.717) is 24.0 Å². The van der Waals surface area contributed by atoms with E-state index in [9.17, 15) is 4.79 Å². The Balaban J connectivity index is 1.02. The predicted octanol–water partition coefficient (Wildman–Crippen LogP) is 10.0. The maximum Gasteiger partial charge on any atom is 0.144 e. The van der Waals surface area contributed by atoms with E-state index in [1.54, 1.807) is 0 Å². The molecule has 5 aromatic rings. The maximum atomic E-state index is 12.9. The molecule has 1 saturated carbocycles. The molecule has 1 fully saturated rings. The number of carbonyl (C=O) groups excluding carboxylic acids is 1. The quantitative estimate of drug-likeness (QED) is 0.215. The molecule has 1 nitrogen and oxygen atoms in total. The van der Waals surface area contributed by atoms with Gasteiger partial charge in [-0.2, -0.15) is 0 Å². The Labute approximate surface area is 248 Å². The first-order chi connectivity index (χ1) is 20.7. The lowest BCUT2D eigenvalue weighted by Crippen LogP contribution is -2.24. The maximum absolute atomic E-state index is 12.9. The van der Waals surface area contributed by atoms with E-state index >= 15 is 0 Å². The number of benzene rings is 5. The summed E-state index contributed by atoms with van der Waals surface area (Å²) in [7, 11) is 0. The molecule has 3 aliphatic rings. The Morgan fingerprint density at radius 1 is 0.643 bits per heavy atom. The van der Waals surface area contributed by atoms with Crippen molar-refractivity contribution in [2.24, 2.45) is 11.8 Å². The Bertz CT molecular complexity index is 1820. The average molecular weight is 545 g/mol. The van der Waals surface area contributed by atoms with Gasteiger partial charge in [0, 0.05) is 12.3 Å². The normalized spacial score (nSPS) is 21.0. The Morgan fingerprint density at radius 2 is 1.33 bits per heavy atom. The number of ketones is 1. The van der Waals surface area contributed by atoms with Crippen molar-refractivity contribution in [3.8, 4) is 22.3 Å². The minimum Gasteiger partial charge on any atom is -0.299 e. The van der Waals surface area contributed by atoms with E-state index in [-0.39, 0.29) is 5.92 Å². The van der Waals surface area contributed by atoms with E-state index < -0.39 is 0 Å². The lowest BCUT2D eigenvalue weighted by Gasteiger charge is -2.32. The van der Waals surface area contributed by atoms with E-state index in [4.69, 9.17) is 0 Å². The smallest absolute Gasteiger partial charge is 0.144 e. The van der Waals surface area contributed by atoms with Crippen LogP contribution < -0.4 is 0 Å². The number of carbonyl (C=O) groups is 1. The lowest BCUT2D eigenvalue weighted by molar-refractivity contribution is -0.120. The fraction of sp³-hybridized carbons (Fsp3) is 0.244. The second-order valence-corrected chi connectivity index (χ2v) is 12.8. The fourth-order valence-electron chi connectivity index (χ4n) is 8.02. The van der Waals surface area contributed by atoms with Crippen molar-refractivity contribution in [1.29, 1.82) is 0 Å². The minimum atomic E-state index is 0.138. The first kappa shape index (κ1) is 25.5. The lowest BCUT2D eigenvalue weighted by atomic mass is 9.72. The van der Waals surface area contributed by atoms with Crippen LogP contribution in [0.3, 0.4) is 0 Å². The zero-order valence-corrected chi connectivity index (χ0v) is 24.1. The largest absolute Gasteiger partial charge is 0.299 e. The summed E-state index contributed by atoms with van der Waals surface area (Å²) in [5, 5.41) is 2.62. The molecule has 0 spiro atoms. The zero-order chi connectivity index (χ0) is 28.0. The molecule has 206 valence electrons. The van der Waals surface area contributed by atoms with Crippen LogP contribution in [-0.2, 0) is 24.1 Å². The van der Waals surface area contributed by atoms with Gasteiger partial charge in [0.2, 0.25) is 0 Å². The highest BCUT2D eigenvalue weighted by molar-refractivity contribution is 5.98. The van der Waals surface area contributed by atoms with Crippen LogP contribution >= 0.6 is 0 Å². The molecule has 3 aliphatic carbocycles.